The molecule has 0 aliphatic rings. The Morgan fingerprint density at radius 1 is 0.706 bits per heavy atom. The van der Waals surface area contributed by atoms with Crippen LogP contribution in [0.3, 0.4) is 0 Å². The Hall–Kier alpha value is 0.190. The van der Waals surface area contributed by atoms with E-state index in [1.54, 1.807) is 0 Å². The number of hydrogen-bond donors (Lipinski definition) is 1. The fourth-order valence-electron chi connectivity index (χ4n) is 2.01. The van der Waals surface area contributed by atoms with Crippen LogP contribution in [0.2, 0.25) is 0 Å². The molecule has 0 spiro atoms. The van der Waals surface area contributed by atoms with Crippen LogP contribution < -0.4 is 0 Å². The first-order chi connectivity index (χ1) is 8.12. The molecule has 0 aliphatic carbocycles. The van der Waals surface area contributed by atoms with Gasteiger partial charge in [-0.3, -0.25) is 4.57 Å². The molecule has 0 amide bonds. The number of hydrogen-bond acceptors (Lipinski definition) is 1. The topological polar surface area (TPSA) is 37.3 Å². The first kappa shape index (κ1) is 17.2. The molecule has 3 heteroatoms. The van der Waals surface area contributed by atoms with Gasteiger partial charge in [0.25, 0.3) is 0 Å². The Morgan fingerprint density at radius 2 is 1.12 bits per heavy atom. The van der Waals surface area contributed by atoms with Crippen molar-refractivity contribution in [1.29, 1.82) is 0 Å². The fourth-order valence-corrected chi connectivity index (χ4v) is 3.76. The van der Waals surface area contributed by atoms with Gasteiger partial charge in [-0.05, 0) is 12.8 Å². The Labute approximate surface area is 108 Å². The van der Waals surface area contributed by atoms with Crippen molar-refractivity contribution in [1.82, 2.24) is 0 Å². The van der Waals surface area contributed by atoms with Gasteiger partial charge in [-0.2, -0.15) is 0 Å². The Bertz CT molecular complexity index is 204. The lowest BCUT2D eigenvalue weighted by atomic mass is 10.1. The van der Waals surface area contributed by atoms with Crippen LogP contribution >= 0.6 is 7.37 Å². The molecule has 0 aromatic heterocycles. The molecule has 0 saturated carbocycles. The zero-order valence-electron chi connectivity index (χ0n) is 11.8. The lowest BCUT2D eigenvalue weighted by Gasteiger charge is -2.10. The van der Waals surface area contributed by atoms with E-state index >= 15 is 0 Å². The zero-order chi connectivity index (χ0) is 13.0. The van der Waals surface area contributed by atoms with E-state index in [2.05, 4.69) is 13.8 Å². The van der Waals surface area contributed by atoms with Gasteiger partial charge in [0, 0.05) is 12.3 Å². The summed E-state index contributed by atoms with van der Waals surface area (Å²) in [6.45, 7) is 4.30. The first-order valence-electron chi connectivity index (χ1n) is 7.43. The van der Waals surface area contributed by atoms with Crippen molar-refractivity contribution in [2.24, 2.45) is 0 Å². The maximum atomic E-state index is 11.7. The highest BCUT2D eigenvalue weighted by Gasteiger charge is 2.15. The molecule has 1 atom stereocenters. The Balaban J connectivity index is 3.29. The maximum Gasteiger partial charge on any atom is 0.200 e. The summed E-state index contributed by atoms with van der Waals surface area (Å²) in [6.07, 6.45) is 12.9. The van der Waals surface area contributed by atoms with E-state index in [9.17, 15) is 9.46 Å². The molecule has 0 bridgehead atoms. The zero-order valence-corrected chi connectivity index (χ0v) is 12.7. The highest BCUT2D eigenvalue weighted by Crippen LogP contribution is 2.42. The summed E-state index contributed by atoms with van der Waals surface area (Å²) in [5.41, 5.74) is 0. The Morgan fingerprint density at radius 3 is 1.65 bits per heavy atom. The monoisotopic (exact) mass is 262 g/mol. The van der Waals surface area contributed by atoms with Crippen molar-refractivity contribution in [2.45, 2.75) is 78.1 Å². The van der Waals surface area contributed by atoms with Crippen LogP contribution in [-0.4, -0.2) is 17.2 Å². The van der Waals surface area contributed by atoms with Crippen LogP contribution in [0.25, 0.3) is 0 Å². The summed E-state index contributed by atoms with van der Waals surface area (Å²) in [4.78, 5) is 9.67. The summed E-state index contributed by atoms with van der Waals surface area (Å²) in [5.74, 6) is 0. The second kappa shape index (κ2) is 11.3. The van der Waals surface area contributed by atoms with Crippen molar-refractivity contribution < 1.29 is 9.46 Å². The smallest absolute Gasteiger partial charge is 0.200 e. The molecule has 0 radical (unpaired) electrons. The predicted molar refractivity (Wildman–Crippen MR) is 77.1 cm³/mol. The lowest BCUT2D eigenvalue weighted by molar-refractivity contribution is 0.471. The minimum atomic E-state index is -2.78. The normalized spacial score (nSPS) is 14.8. The average molecular weight is 262 g/mol. The third-order valence-electron chi connectivity index (χ3n) is 3.22. The lowest BCUT2D eigenvalue weighted by Crippen LogP contribution is -1.95. The van der Waals surface area contributed by atoms with E-state index in [4.69, 9.17) is 0 Å². The number of rotatable bonds is 12. The molecule has 0 aliphatic heterocycles. The highest BCUT2D eigenvalue weighted by atomic mass is 31.2. The summed E-state index contributed by atoms with van der Waals surface area (Å²) < 4.78 is 11.7. The van der Waals surface area contributed by atoms with Crippen LogP contribution in [0.5, 0.6) is 0 Å². The minimum Gasteiger partial charge on any atom is -0.344 e. The standard InChI is InChI=1S/C14H31O2P/c1-3-5-7-8-9-10-11-12-14-17(15,16)13-6-4-2/h3-14H2,1-2H3,(H,15,16). The molecule has 17 heavy (non-hydrogen) atoms. The average Bonchev–Trinajstić information content (AvgIpc) is 2.30. The van der Waals surface area contributed by atoms with E-state index < -0.39 is 7.37 Å². The molecule has 0 saturated heterocycles. The largest absolute Gasteiger partial charge is 0.344 e. The quantitative estimate of drug-likeness (QED) is 0.388. The van der Waals surface area contributed by atoms with Crippen molar-refractivity contribution in [3.8, 4) is 0 Å². The predicted octanol–water partition coefficient (Wildman–Crippen LogP) is 5.20. The van der Waals surface area contributed by atoms with Crippen LogP contribution in [0.15, 0.2) is 0 Å². The minimum absolute atomic E-state index is 0.528. The highest BCUT2D eigenvalue weighted by molar-refractivity contribution is 7.57. The van der Waals surface area contributed by atoms with Gasteiger partial charge in [0.15, 0.2) is 0 Å². The van der Waals surface area contributed by atoms with Gasteiger partial charge in [0.2, 0.25) is 7.37 Å². The third kappa shape index (κ3) is 12.4. The van der Waals surface area contributed by atoms with Crippen molar-refractivity contribution in [3.05, 3.63) is 0 Å². The van der Waals surface area contributed by atoms with E-state index in [0.717, 1.165) is 25.7 Å². The summed E-state index contributed by atoms with van der Waals surface area (Å²) in [5, 5.41) is 0. The van der Waals surface area contributed by atoms with Crippen molar-refractivity contribution >= 4 is 7.37 Å². The summed E-state index contributed by atoms with van der Waals surface area (Å²) in [7, 11) is -2.78. The second-order valence-electron chi connectivity index (χ2n) is 5.12. The van der Waals surface area contributed by atoms with Gasteiger partial charge < -0.3 is 4.89 Å². The van der Waals surface area contributed by atoms with Gasteiger partial charge >= 0.3 is 0 Å². The molecular formula is C14H31O2P. The molecule has 0 aromatic rings. The summed E-state index contributed by atoms with van der Waals surface area (Å²) in [6, 6.07) is 0. The second-order valence-corrected chi connectivity index (χ2v) is 7.71. The molecule has 1 N–H and O–H groups in total. The fraction of sp³-hybridized carbons (Fsp3) is 1.00. The molecular weight excluding hydrogens is 231 g/mol. The molecule has 0 fully saturated rings. The van der Waals surface area contributed by atoms with E-state index in [-0.39, 0.29) is 0 Å². The van der Waals surface area contributed by atoms with Crippen LogP contribution in [-0.2, 0) is 4.57 Å². The maximum absolute atomic E-state index is 11.7. The van der Waals surface area contributed by atoms with Crippen LogP contribution in [0.1, 0.15) is 78.1 Å². The molecule has 2 nitrogen and oxygen atoms in total. The van der Waals surface area contributed by atoms with Gasteiger partial charge in [0.05, 0.1) is 0 Å². The summed E-state index contributed by atoms with van der Waals surface area (Å²) >= 11 is 0. The molecule has 104 valence electrons. The van der Waals surface area contributed by atoms with E-state index in [0.29, 0.717) is 12.3 Å². The molecule has 0 aromatic carbocycles. The van der Waals surface area contributed by atoms with Gasteiger partial charge in [0.1, 0.15) is 0 Å². The van der Waals surface area contributed by atoms with Gasteiger partial charge in [-0.15, -0.1) is 0 Å². The molecule has 0 rings (SSSR count). The Kier molecular flexibility index (Phi) is 11.4. The van der Waals surface area contributed by atoms with E-state index in [1.807, 2.05) is 0 Å². The SMILES string of the molecule is CCCCCCCCCCP(=O)(O)CCCC. The first-order valence-corrected chi connectivity index (χ1v) is 9.46. The van der Waals surface area contributed by atoms with Crippen LogP contribution in [0.4, 0.5) is 0 Å². The van der Waals surface area contributed by atoms with Crippen LogP contribution in [0, 0.1) is 0 Å². The molecule has 1 unspecified atom stereocenters. The molecule has 0 heterocycles. The van der Waals surface area contributed by atoms with Crippen molar-refractivity contribution in [3.63, 3.8) is 0 Å². The third-order valence-corrected chi connectivity index (χ3v) is 5.25. The van der Waals surface area contributed by atoms with E-state index in [1.165, 1.54) is 38.5 Å². The van der Waals surface area contributed by atoms with Gasteiger partial charge in [-0.1, -0.05) is 65.2 Å². The number of unbranched alkanes of at least 4 members (excludes halogenated alkanes) is 8. The van der Waals surface area contributed by atoms with Crippen molar-refractivity contribution in [2.75, 3.05) is 12.3 Å². The van der Waals surface area contributed by atoms with Gasteiger partial charge in [-0.25, -0.2) is 0 Å².